The normalized spacial score (nSPS) is 32.3. The zero-order chi connectivity index (χ0) is 15.0. The van der Waals surface area contributed by atoms with E-state index in [1.807, 2.05) is 0 Å². The molecule has 22 heavy (non-hydrogen) atoms. The predicted molar refractivity (Wildman–Crippen MR) is 80.7 cm³/mol. The Bertz CT molecular complexity index is 561. The number of nitrogens with zero attached hydrogens (tertiary/aromatic N) is 4. The van der Waals surface area contributed by atoms with Crippen LogP contribution >= 0.6 is 0 Å². The van der Waals surface area contributed by atoms with Gasteiger partial charge in [0.05, 0.1) is 0 Å². The molecule has 0 radical (unpaired) electrons. The smallest absolute Gasteiger partial charge is 0.248 e. The van der Waals surface area contributed by atoms with Crippen molar-refractivity contribution < 1.29 is 4.79 Å². The zero-order valence-electron chi connectivity index (χ0n) is 12.8. The second-order valence-corrected chi connectivity index (χ2v) is 7.10. The maximum atomic E-state index is 12.9. The molecule has 3 atom stereocenters. The predicted octanol–water partition coefficient (Wildman–Crippen LogP) is 1.66. The molecule has 3 aliphatic carbocycles. The van der Waals surface area contributed by atoms with Crippen LogP contribution in [0.5, 0.6) is 0 Å². The molecular weight excluding hydrogens is 278 g/mol. The molecule has 4 rings (SSSR count). The Morgan fingerprint density at radius 3 is 2.73 bits per heavy atom. The molecule has 2 fully saturated rings. The van der Waals surface area contributed by atoms with Gasteiger partial charge >= 0.3 is 0 Å². The number of carbonyl (C=O) groups is 1. The number of nitrogens with one attached hydrogen (secondary N) is 1. The standard InChI is InChI=1S/C16H23N5O/c22-15(17-10-14-9-12-4-5-13(14)8-12)16(6-2-1-3-7-16)21-11-18-19-20-21/h4-5,11-14H,1-3,6-10H2,(H,17,22)/t12-,13+,14-/m0/s1. The van der Waals surface area contributed by atoms with Gasteiger partial charge in [-0.3, -0.25) is 4.79 Å². The second-order valence-electron chi connectivity index (χ2n) is 7.10. The number of carbonyl (C=O) groups excluding carboxylic acids is 1. The second kappa shape index (κ2) is 5.48. The summed E-state index contributed by atoms with van der Waals surface area (Å²) < 4.78 is 1.68. The van der Waals surface area contributed by atoms with Crippen LogP contribution in [0.15, 0.2) is 18.5 Å². The van der Waals surface area contributed by atoms with Gasteiger partial charge in [-0.15, -0.1) is 5.10 Å². The van der Waals surface area contributed by atoms with Gasteiger partial charge in [0.15, 0.2) is 0 Å². The third kappa shape index (κ3) is 2.25. The minimum atomic E-state index is -0.574. The van der Waals surface area contributed by atoms with E-state index in [0.717, 1.165) is 38.1 Å². The van der Waals surface area contributed by atoms with Crippen molar-refractivity contribution in [3.63, 3.8) is 0 Å². The molecule has 6 heteroatoms. The highest BCUT2D eigenvalue weighted by atomic mass is 16.2. The maximum Gasteiger partial charge on any atom is 0.248 e. The van der Waals surface area contributed by atoms with Crippen molar-refractivity contribution in [1.29, 1.82) is 0 Å². The number of aromatic nitrogens is 4. The van der Waals surface area contributed by atoms with Crippen LogP contribution in [0.4, 0.5) is 0 Å². The van der Waals surface area contributed by atoms with E-state index in [1.54, 1.807) is 11.0 Å². The van der Waals surface area contributed by atoms with Crippen molar-refractivity contribution in [1.82, 2.24) is 25.5 Å². The SMILES string of the molecule is O=C(NC[C@@H]1C[C@H]2C=C[C@@H]1C2)C1(n2cnnn2)CCCCC1. The van der Waals surface area contributed by atoms with Gasteiger partial charge in [0, 0.05) is 6.54 Å². The number of hydrogen-bond acceptors (Lipinski definition) is 4. The van der Waals surface area contributed by atoms with Crippen molar-refractivity contribution >= 4 is 5.91 Å². The van der Waals surface area contributed by atoms with Crippen LogP contribution < -0.4 is 5.32 Å². The van der Waals surface area contributed by atoms with Gasteiger partial charge in [0.2, 0.25) is 5.91 Å². The number of amides is 1. The lowest BCUT2D eigenvalue weighted by Gasteiger charge is -2.35. The first-order chi connectivity index (χ1) is 10.8. The van der Waals surface area contributed by atoms with Crippen molar-refractivity contribution in [2.45, 2.75) is 50.5 Å². The van der Waals surface area contributed by atoms with Crippen molar-refractivity contribution in [2.75, 3.05) is 6.54 Å². The minimum absolute atomic E-state index is 0.103. The van der Waals surface area contributed by atoms with E-state index in [2.05, 4.69) is 33.0 Å². The molecule has 0 aliphatic heterocycles. The summed E-state index contributed by atoms with van der Waals surface area (Å²) in [6.45, 7) is 0.786. The Hall–Kier alpha value is -1.72. The molecule has 0 spiro atoms. The summed E-state index contributed by atoms with van der Waals surface area (Å²) in [5, 5.41) is 14.7. The summed E-state index contributed by atoms with van der Waals surface area (Å²) in [5.41, 5.74) is -0.574. The molecule has 0 unspecified atom stereocenters. The van der Waals surface area contributed by atoms with Crippen LogP contribution in [-0.2, 0) is 10.3 Å². The first kappa shape index (κ1) is 13.9. The molecule has 1 aromatic heterocycles. The third-order valence-electron chi connectivity index (χ3n) is 5.83. The largest absolute Gasteiger partial charge is 0.354 e. The van der Waals surface area contributed by atoms with Gasteiger partial charge < -0.3 is 5.32 Å². The molecule has 6 nitrogen and oxygen atoms in total. The van der Waals surface area contributed by atoms with Gasteiger partial charge in [-0.25, -0.2) is 4.68 Å². The summed E-state index contributed by atoms with van der Waals surface area (Å²) in [5.74, 6) is 2.12. The average Bonchev–Trinajstić information content (AvgIpc) is 3.30. The van der Waals surface area contributed by atoms with Gasteiger partial charge in [-0.1, -0.05) is 31.4 Å². The summed E-state index contributed by atoms with van der Waals surface area (Å²) >= 11 is 0. The Labute approximate surface area is 130 Å². The van der Waals surface area contributed by atoms with Gasteiger partial charge in [0.25, 0.3) is 0 Å². The molecule has 0 aromatic carbocycles. The Morgan fingerprint density at radius 1 is 1.23 bits per heavy atom. The third-order valence-corrected chi connectivity index (χ3v) is 5.83. The number of hydrogen-bond donors (Lipinski definition) is 1. The van der Waals surface area contributed by atoms with Crippen LogP contribution in [-0.4, -0.2) is 32.7 Å². The molecule has 1 N–H and O–H groups in total. The van der Waals surface area contributed by atoms with E-state index >= 15 is 0 Å². The van der Waals surface area contributed by atoms with Crippen LogP contribution in [0, 0.1) is 17.8 Å². The summed E-state index contributed by atoms with van der Waals surface area (Å²) in [4.78, 5) is 12.9. The number of rotatable bonds is 4. The highest BCUT2D eigenvalue weighted by Crippen LogP contribution is 2.43. The van der Waals surface area contributed by atoms with Crippen LogP contribution in [0.2, 0.25) is 0 Å². The summed E-state index contributed by atoms with van der Waals surface area (Å²) in [6.07, 6.45) is 13.7. The molecule has 0 saturated heterocycles. The molecule has 118 valence electrons. The fourth-order valence-corrected chi connectivity index (χ4v) is 4.57. The lowest BCUT2D eigenvalue weighted by molar-refractivity contribution is -0.132. The van der Waals surface area contributed by atoms with E-state index < -0.39 is 5.54 Å². The molecule has 1 heterocycles. The van der Waals surface area contributed by atoms with E-state index in [-0.39, 0.29) is 5.91 Å². The summed E-state index contributed by atoms with van der Waals surface area (Å²) in [7, 11) is 0. The fourth-order valence-electron chi connectivity index (χ4n) is 4.57. The van der Waals surface area contributed by atoms with Gasteiger partial charge in [0.1, 0.15) is 11.9 Å². The molecule has 2 bridgehead atoms. The van der Waals surface area contributed by atoms with E-state index in [9.17, 15) is 4.79 Å². The topological polar surface area (TPSA) is 72.7 Å². The van der Waals surface area contributed by atoms with Crippen LogP contribution in [0.25, 0.3) is 0 Å². The van der Waals surface area contributed by atoms with Gasteiger partial charge in [-0.05, 0) is 53.9 Å². The monoisotopic (exact) mass is 301 g/mol. The Kier molecular flexibility index (Phi) is 3.47. The van der Waals surface area contributed by atoms with Crippen LogP contribution in [0.3, 0.4) is 0 Å². The number of allylic oxidation sites excluding steroid dienone is 2. The quantitative estimate of drug-likeness (QED) is 0.859. The molecule has 1 aromatic rings. The lowest BCUT2D eigenvalue weighted by atomic mass is 9.80. The maximum absolute atomic E-state index is 12.9. The number of fused-ring (bicyclic) bond motifs is 2. The van der Waals surface area contributed by atoms with Gasteiger partial charge in [-0.2, -0.15) is 0 Å². The highest BCUT2D eigenvalue weighted by molar-refractivity contribution is 5.84. The molecule has 1 amide bonds. The Morgan fingerprint density at radius 2 is 2.09 bits per heavy atom. The average molecular weight is 301 g/mol. The first-order valence-corrected chi connectivity index (χ1v) is 8.48. The molecular formula is C16H23N5O. The highest BCUT2D eigenvalue weighted by Gasteiger charge is 2.43. The molecule has 3 aliphatic rings. The van der Waals surface area contributed by atoms with Crippen molar-refractivity contribution in [3.8, 4) is 0 Å². The Balaban J connectivity index is 1.46. The van der Waals surface area contributed by atoms with Crippen molar-refractivity contribution in [3.05, 3.63) is 18.5 Å². The molecule has 2 saturated carbocycles. The van der Waals surface area contributed by atoms with E-state index in [1.165, 1.54) is 19.3 Å². The fraction of sp³-hybridized carbons (Fsp3) is 0.750. The van der Waals surface area contributed by atoms with Crippen molar-refractivity contribution in [2.24, 2.45) is 17.8 Å². The minimum Gasteiger partial charge on any atom is -0.354 e. The zero-order valence-corrected chi connectivity index (χ0v) is 12.8. The number of tetrazole rings is 1. The van der Waals surface area contributed by atoms with Crippen LogP contribution in [0.1, 0.15) is 44.9 Å². The summed E-state index contributed by atoms with van der Waals surface area (Å²) in [6, 6.07) is 0. The van der Waals surface area contributed by atoms with E-state index in [4.69, 9.17) is 0 Å². The first-order valence-electron chi connectivity index (χ1n) is 8.48. The van der Waals surface area contributed by atoms with E-state index in [0.29, 0.717) is 11.8 Å². The lowest BCUT2D eigenvalue weighted by Crippen LogP contribution is -2.51.